The highest BCUT2D eigenvalue weighted by atomic mass is 19.4. The number of hydrogen-bond donors (Lipinski definition) is 0. The first-order valence-corrected chi connectivity index (χ1v) is 17.8. The van der Waals surface area contributed by atoms with Gasteiger partial charge in [0.15, 0.2) is 11.6 Å². The Morgan fingerprint density at radius 1 is 0.577 bits per heavy atom. The third-order valence-corrected chi connectivity index (χ3v) is 9.77. The predicted octanol–water partition coefficient (Wildman–Crippen LogP) is 14.0. The SMILES string of the molecule is CCCCCCCCCC1CCC(c2ccc(-c3ccc(-c4cc(F)c(C(F)(F)Oc5ccc(OC(F)(F)F)c(F)c5)c(F)c4)c(F)c3)cc2)CC1. The molecule has 0 atom stereocenters. The zero-order chi connectivity index (χ0) is 37.5. The molecule has 0 aliphatic heterocycles. The van der Waals surface area contributed by atoms with Gasteiger partial charge < -0.3 is 9.47 Å². The van der Waals surface area contributed by atoms with Crippen molar-refractivity contribution in [3.05, 3.63) is 107 Å². The molecule has 280 valence electrons. The normalized spacial score (nSPS) is 16.6. The molecule has 0 radical (unpaired) electrons. The van der Waals surface area contributed by atoms with E-state index in [4.69, 9.17) is 0 Å². The van der Waals surface area contributed by atoms with Crippen LogP contribution in [0.3, 0.4) is 0 Å². The Bertz CT molecular complexity index is 1760. The van der Waals surface area contributed by atoms with Gasteiger partial charge in [-0.1, -0.05) is 94.7 Å². The van der Waals surface area contributed by atoms with Crippen molar-refractivity contribution in [3.8, 4) is 33.8 Å². The standard InChI is InChI=1S/C41H41F9O2/c1-2-3-4-5-6-7-8-9-26-10-12-27(13-11-26)28-14-16-29(17-15-28)30-18-20-33(34(42)22-30)31-23-36(44)39(37(45)24-31)40(46,47)51-32-19-21-38(35(43)25-32)52-41(48,49)50/h14-27H,2-13H2,1H3. The highest BCUT2D eigenvalue weighted by molar-refractivity contribution is 5.71. The quantitative estimate of drug-likeness (QED) is 0.0894. The number of benzene rings is 4. The molecule has 1 saturated carbocycles. The molecule has 4 aromatic rings. The van der Waals surface area contributed by atoms with E-state index in [-0.39, 0.29) is 17.2 Å². The molecule has 1 aliphatic carbocycles. The minimum Gasteiger partial charge on any atom is -0.429 e. The average molecular weight is 737 g/mol. The van der Waals surface area contributed by atoms with E-state index in [1.165, 1.54) is 81.9 Å². The van der Waals surface area contributed by atoms with E-state index in [2.05, 4.69) is 16.4 Å². The van der Waals surface area contributed by atoms with Crippen LogP contribution in [0.2, 0.25) is 0 Å². The molecule has 0 aromatic heterocycles. The fourth-order valence-electron chi connectivity index (χ4n) is 7.01. The van der Waals surface area contributed by atoms with E-state index in [9.17, 15) is 35.1 Å². The van der Waals surface area contributed by atoms with Gasteiger partial charge in [-0.2, -0.15) is 8.78 Å². The van der Waals surface area contributed by atoms with E-state index in [0.29, 0.717) is 35.7 Å². The van der Waals surface area contributed by atoms with Crippen molar-refractivity contribution in [2.75, 3.05) is 0 Å². The Balaban J connectivity index is 1.20. The van der Waals surface area contributed by atoms with Gasteiger partial charge >= 0.3 is 12.5 Å². The van der Waals surface area contributed by atoms with E-state index in [1.54, 1.807) is 6.07 Å². The van der Waals surface area contributed by atoms with Gasteiger partial charge in [0.25, 0.3) is 0 Å². The minimum atomic E-state index is -5.25. The Kier molecular flexibility index (Phi) is 12.9. The maximum absolute atomic E-state index is 15.3. The Labute approximate surface area is 298 Å². The van der Waals surface area contributed by atoms with Crippen LogP contribution in [0.1, 0.15) is 101 Å². The molecule has 0 heterocycles. The Morgan fingerprint density at radius 2 is 1.17 bits per heavy atom. The molecule has 2 nitrogen and oxygen atoms in total. The summed E-state index contributed by atoms with van der Waals surface area (Å²) in [4.78, 5) is 0. The summed E-state index contributed by atoms with van der Waals surface area (Å²) < 4.78 is 134. The molecule has 11 heteroatoms. The van der Waals surface area contributed by atoms with Crippen LogP contribution in [-0.4, -0.2) is 6.36 Å². The van der Waals surface area contributed by atoms with Crippen molar-refractivity contribution in [1.29, 1.82) is 0 Å². The van der Waals surface area contributed by atoms with Crippen LogP contribution < -0.4 is 9.47 Å². The summed E-state index contributed by atoms with van der Waals surface area (Å²) in [6.07, 6.45) is 5.28. The molecule has 0 amide bonds. The third-order valence-electron chi connectivity index (χ3n) is 9.77. The summed E-state index contributed by atoms with van der Waals surface area (Å²) in [6, 6.07) is 14.0. The van der Waals surface area contributed by atoms with Gasteiger partial charge in [-0.3, -0.25) is 0 Å². The van der Waals surface area contributed by atoms with Gasteiger partial charge in [0.2, 0.25) is 0 Å². The molecule has 5 rings (SSSR count). The van der Waals surface area contributed by atoms with Crippen LogP contribution in [0.4, 0.5) is 39.5 Å². The summed E-state index contributed by atoms with van der Waals surface area (Å²) in [5.41, 5.74) is 0.0230. The number of hydrogen-bond acceptors (Lipinski definition) is 2. The molecule has 0 bridgehead atoms. The lowest BCUT2D eigenvalue weighted by atomic mass is 9.77. The summed E-state index contributed by atoms with van der Waals surface area (Å²) >= 11 is 0. The van der Waals surface area contributed by atoms with E-state index < -0.39 is 52.8 Å². The second-order valence-electron chi connectivity index (χ2n) is 13.5. The molecule has 4 aromatic carbocycles. The molecule has 0 N–H and O–H groups in total. The number of halogens is 9. The van der Waals surface area contributed by atoms with Crippen LogP contribution in [0.15, 0.2) is 72.8 Å². The summed E-state index contributed by atoms with van der Waals surface area (Å²) in [5.74, 6) is -7.21. The zero-order valence-electron chi connectivity index (χ0n) is 28.8. The van der Waals surface area contributed by atoms with E-state index in [1.807, 2.05) is 24.3 Å². The Hall–Kier alpha value is -4.15. The van der Waals surface area contributed by atoms with Crippen LogP contribution >= 0.6 is 0 Å². The number of ether oxygens (including phenoxy) is 2. The summed E-state index contributed by atoms with van der Waals surface area (Å²) in [5, 5.41) is 0. The van der Waals surface area contributed by atoms with Crippen molar-refractivity contribution >= 4 is 0 Å². The number of unbranched alkanes of at least 4 members (excludes halogenated alkanes) is 6. The van der Waals surface area contributed by atoms with Crippen molar-refractivity contribution in [2.45, 2.75) is 102 Å². The summed E-state index contributed by atoms with van der Waals surface area (Å²) in [6.45, 7) is 2.23. The molecule has 0 spiro atoms. The highest BCUT2D eigenvalue weighted by Crippen LogP contribution is 2.41. The van der Waals surface area contributed by atoms with Gasteiger partial charge in [0, 0.05) is 11.6 Å². The second kappa shape index (κ2) is 17.1. The first-order chi connectivity index (χ1) is 24.7. The van der Waals surface area contributed by atoms with Crippen molar-refractivity contribution < 1.29 is 49.0 Å². The van der Waals surface area contributed by atoms with Gasteiger partial charge in [-0.05, 0) is 90.1 Å². The van der Waals surface area contributed by atoms with Gasteiger partial charge in [0.05, 0.1) is 0 Å². The van der Waals surface area contributed by atoms with Crippen LogP contribution in [0, 0.1) is 29.2 Å². The van der Waals surface area contributed by atoms with Crippen molar-refractivity contribution in [2.24, 2.45) is 5.92 Å². The zero-order valence-corrected chi connectivity index (χ0v) is 28.8. The lowest BCUT2D eigenvalue weighted by molar-refractivity contribution is -0.275. The molecule has 1 aliphatic rings. The van der Waals surface area contributed by atoms with E-state index in [0.717, 1.165) is 24.3 Å². The third kappa shape index (κ3) is 10.3. The molecule has 0 unspecified atom stereocenters. The lowest BCUT2D eigenvalue weighted by Crippen LogP contribution is -2.25. The topological polar surface area (TPSA) is 18.5 Å². The van der Waals surface area contributed by atoms with Crippen molar-refractivity contribution in [1.82, 2.24) is 0 Å². The number of alkyl halides is 5. The molecule has 52 heavy (non-hydrogen) atoms. The van der Waals surface area contributed by atoms with Gasteiger partial charge in [0.1, 0.15) is 28.8 Å². The molecule has 0 saturated heterocycles. The van der Waals surface area contributed by atoms with Crippen LogP contribution in [-0.2, 0) is 6.11 Å². The first-order valence-electron chi connectivity index (χ1n) is 17.8. The predicted molar refractivity (Wildman–Crippen MR) is 182 cm³/mol. The van der Waals surface area contributed by atoms with Gasteiger partial charge in [-0.15, -0.1) is 13.2 Å². The fourth-order valence-corrected chi connectivity index (χ4v) is 7.01. The summed E-state index contributed by atoms with van der Waals surface area (Å²) in [7, 11) is 0. The maximum atomic E-state index is 15.3. The lowest BCUT2D eigenvalue weighted by Gasteiger charge is -2.29. The maximum Gasteiger partial charge on any atom is 0.573 e. The fraction of sp³-hybridized carbons (Fsp3) is 0.415. The highest BCUT2D eigenvalue weighted by Gasteiger charge is 2.42. The smallest absolute Gasteiger partial charge is 0.429 e. The molecular weight excluding hydrogens is 695 g/mol. The number of rotatable bonds is 15. The van der Waals surface area contributed by atoms with E-state index >= 15 is 4.39 Å². The molecular formula is C41H41F9O2. The average Bonchev–Trinajstić information content (AvgIpc) is 3.08. The monoisotopic (exact) mass is 736 g/mol. The second-order valence-corrected chi connectivity index (χ2v) is 13.5. The van der Waals surface area contributed by atoms with Crippen LogP contribution in [0.25, 0.3) is 22.3 Å². The first kappa shape index (κ1) is 39.1. The largest absolute Gasteiger partial charge is 0.573 e. The van der Waals surface area contributed by atoms with Crippen LogP contribution in [0.5, 0.6) is 11.5 Å². The molecule has 1 fully saturated rings. The minimum absolute atomic E-state index is 0.146. The Morgan fingerprint density at radius 3 is 1.77 bits per heavy atom. The van der Waals surface area contributed by atoms with Gasteiger partial charge in [-0.25, -0.2) is 17.6 Å². The van der Waals surface area contributed by atoms with Crippen molar-refractivity contribution in [3.63, 3.8) is 0 Å².